The minimum Gasteiger partial charge on any atom is -0.496 e. The van der Waals surface area contributed by atoms with Crippen LogP contribution in [0.5, 0.6) is 5.75 Å². The van der Waals surface area contributed by atoms with Gasteiger partial charge in [0.1, 0.15) is 11.6 Å². The lowest BCUT2D eigenvalue weighted by atomic mass is 10.1. The Morgan fingerprint density at radius 3 is 2.67 bits per heavy atom. The van der Waals surface area contributed by atoms with Crippen LogP contribution in [-0.4, -0.2) is 12.9 Å². The van der Waals surface area contributed by atoms with Crippen LogP contribution in [0.25, 0.3) is 0 Å². The number of aryl methyl sites for hydroxylation is 1. The molecular weight excluding hydrogens is 152 g/mol. The molecule has 0 saturated carbocycles. The zero-order valence-corrected chi connectivity index (χ0v) is 7.22. The number of rotatable bonds is 2. The van der Waals surface area contributed by atoms with Gasteiger partial charge < -0.3 is 10.5 Å². The predicted molar refractivity (Wildman–Crippen MR) is 48.7 cm³/mol. The van der Waals surface area contributed by atoms with Crippen molar-refractivity contribution in [2.75, 3.05) is 7.11 Å². The Balaban J connectivity index is 3.21. The van der Waals surface area contributed by atoms with Crippen molar-refractivity contribution in [3.63, 3.8) is 0 Å². The average molecular weight is 164 g/mol. The smallest absolute Gasteiger partial charge is 0.129 e. The first-order valence-corrected chi connectivity index (χ1v) is 3.64. The van der Waals surface area contributed by atoms with E-state index in [0.717, 1.165) is 5.56 Å². The van der Waals surface area contributed by atoms with Crippen molar-refractivity contribution in [2.45, 2.75) is 6.92 Å². The van der Waals surface area contributed by atoms with Crippen LogP contribution in [-0.2, 0) is 0 Å². The van der Waals surface area contributed by atoms with E-state index in [-0.39, 0.29) is 5.84 Å². The molecule has 0 bridgehead atoms. The number of ether oxygens (including phenoxy) is 1. The Labute approximate surface area is 71.7 Å². The van der Waals surface area contributed by atoms with Crippen LogP contribution in [0, 0.1) is 12.3 Å². The summed E-state index contributed by atoms with van der Waals surface area (Å²) >= 11 is 0. The molecule has 0 amide bonds. The summed E-state index contributed by atoms with van der Waals surface area (Å²) in [7, 11) is 1.57. The van der Waals surface area contributed by atoms with Gasteiger partial charge in [0.15, 0.2) is 0 Å². The minimum absolute atomic E-state index is 0.0375. The molecule has 0 heterocycles. The second-order valence-corrected chi connectivity index (χ2v) is 2.62. The third-order valence-corrected chi connectivity index (χ3v) is 1.65. The molecule has 64 valence electrons. The largest absolute Gasteiger partial charge is 0.496 e. The number of hydrogen-bond acceptors (Lipinski definition) is 2. The van der Waals surface area contributed by atoms with Gasteiger partial charge in [0.05, 0.1) is 12.7 Å². The van der Waals surface area contributed by atoms with Gasteiger partial charge in [0.2, 0.25) is 0 Å². The van der Waals surface area contributed by atoms with E-state index in [2.05, 4.69) is 0 Å². The molecule has 12 heavy (non-hydrogen) atoms. The van der Waals surface area contributed by atoms with E-state index in [0.29, 0.717) is 11.3 Å². The van der Waals surface area contributed by atoms with Crippen molar-refractivity contribution in [3.8, 4) is 5.75 Å². The van der Waals surface area contributed by atoms with E-state index in [4.69, 9.17) is 15.9 Å². The molecule has 1 rings (SSSR count). The summed E-state index contributed by atoms with van der Waals surface area (Å²) in [5.74, 6) is 0.684. The van der Waals surface area contributed by atoms with Crippen molar-refractivity contribution in [1.82, 2.24) is 0 Å². The Morgan fingerprint density at radius 1 is 1.50 bits per heavy atom. The Morgan fingerprint density at radius 2 is 2.17 bits per heavy atom. The van der Waals surface area contributed by atoms with Gasteiger partial charge in [-0.25, -0.2) is 0 Å². The SMILES string of the molecule is COc1ccc(C)cc1C(=N)N. The lowest BCUT2D eigenvalue weighted by Crippen LogP contribution is -2.12. The number of benzene rings is 1. The molecule has 0 unspecified atom stereocenters. The van der Waals surface area contributed by atoms with Gasteiger partial charge >= 0.3 is 0 Å². The van der Waals surface area contributed by atoms with Crippen LogP contribution < -0.4 is 10.5 Å². The number of hydrogen-bond donors (Lipinski definition) is 2. The van der Waals surface area contributed by atoms with Crippen molar-refractivity contribution < 1.29 is 4.74 Å². The van der Waals surface area contributed by atoms with E-state index < -0.39 is 0 Å². The van der Waals surface area contributed by atoms with Crippen LogP contribution in [0.2, 0.25) is 0 Å². The zero-order chi connectivity index (χ0) is 9.14. The van der Waals surface area contributed by atoms with Gasteiger partial charge in [-0.2, -0.15) is 0 Å². The van der Waals surface area contributed by atoms with E-state index in [1.54, 1.807) is 7.11 Å². The van der Waals surface area contributed by atoms with Crippen LogP contribution >= 0.6 is 0 Å². The average Bonchev–Trinajstić information content (AvgIpc) is 2.04. The van der Waals surface area contributed by atoms with Gasteiger partial charge in [0.25, 0.3) is 0 Å². The Kier molecular flexibility index (Phi) is 2.33. The van der Waals surface area contributed by atoms with Gasteiger partial charge in [-0.05, 0) is 19.1 Å². The highest BCUT2D eigenvalue weighted by Crippen LogP contribution is 2.18. The third kappa shape index (κ3) is 1.56. The summed E-state index contributed by atoms with van der Waals surface area (Å²) in [6, 6.07) is 5.57. The Hall–Kier alpha value is -1.51. The topological polar surface area (TPSA) is 59.1 Å². The standard InChI is InChI=1S/C9H12N2O/c1-6-3-4-8(12-2)7(5-6)9(10)11/h3-5H,1-2H3,(H3,10,11). The molecule has 0 aliphatic heterocycles. The fraction of sp³-hybridized carbons (Fsp3) is 0.222. The third-order valence-electron chi connectivity index (χ3n) is 1.65. The summed E-state index contributed by atoms with van der Waals surface area (Å²) in [4.78, 5) is 0. The number of nitrogen functional groups attached to an aromatic ring is 1. The molecule has 3 heteroatoms. The fourth-order valence-electron chi connectivity index (χ4n) is 1.03. The summed E-state index contributed by atoms with van der Waals surface area (Å²) in [6.07, 6.45) is 0. The fourth-order valence-corrected chi connectivity index (χ4v) is 1.03. The van der Waals surface area contributed by atoms with Crippen LogP contribution in [0.15, 0.2) is 18.2 Å². The van der Waals surface area contributed by atoms with Crippen molar-refractivity contribution in [3.05, 3.63) is 29.3 Å². The molecule has 0 saturated heterocycles. The highest BCUT2D eigenvalue weighted by atomic mass is 16.5. The normalized spacial score (nSPS) is 9.50. The molecule has 3 N–H and O–H groups in total. The molecule has 0 radical (unpaired) electrons. The molecule has 0 aliphatic carbocycles. The lowest BCUT2D eigenvalue weighted by Gasteiger charge is -2.06. The van der Waals surface area contributed by atoms with E-state index >= 15 is 0 Å². The summed E-state index contributed by atoms with van der Waals surface area (Å²) < 4.78 is 5.04. The summed E-state index contributed by atoms with van der Waals surface area (Å²) in [6.45, 7) is 1.95. The van der Waals surface area contributed by atoms with Gasteiger partial charge in [-0.3, -0.25) is 5.41 Å². The molecule has 0 aliphatic rings. The maximum absolute atomic E-state index is 7.27. The highest BCUT2D eigenvalue weighted by Gasteiger charge is 2.04. The van der Waals surface area contributed by atoms with Gasteiger partial charge in [0, 0.05) is 0 Å². The summed E-state index contributed by atoms with van der Waals surface area (Å²) in [5.41, 5.74) is 7.08. The van der Waals surface area contributed by atoms with E-state index in [9.17, 15) is 0 Å². The number of nitrogens with one attached hydrogen (secondary N) is 1. The van der Waals surface area contributed by atoms with Crippen molar-refractivity contribution in [2.24, 2.45) is 5.73 Å². The minimum atomic E-state index is 0.0375. The van der Waals surface area contributed by atoms with Crippen molar-refractivity contribution >= 4 is 5.84 Å². The second-order valence-electron chi connectivity index (χ2n) is 2.62. The molecule has 0 atom stereocenters. The predicted octanol–water partition coefficient (Wildman–Crippen LogP) is 1.29. The maximum Gasteiger partial charge on any atom is 0.129 e. The van der Waals surface area contributed by atoms with Crippen LogP contribution in [0.3, 0.4) is 0 Å². The molecule has 0 aromatic heterocycles. The maximum atomic E-state index is 7.27. The quantitative estimate of drug-likeness (QED) is 0.511. The van der Waals surface area contributed by atoms with Crippen LogP contribution in [0.1, 0.15) is 11.1 Å². The first-order valence-electron chi connectivity index (χ1n) is 3.64. The second kappa shape index (κ2) is 3.26. The first-order chi connectivity index (χ1) is 5.65. The lowest BCUT2D eigenvalue weighted by molar-refractivity contribution is 0.414. The zero-order valence-electron chi connectivity index (χ0n) is 7.22. The van der Waals surface area contributed by atoms with Crippen LogP contribution in [0.4, 0.5) is 0 Å². The number of nitrogens with two attached hydrogens (primary N) is 1. The molecular formula is C9H12N2O. The Bertz CT molecular complexity index is 307. The molecule has 1 aromatic carbocycles. The summed E-state index contributed by atoms with van der Waals surface area (Å²) in [5, 5.41) is 7.27. The molecule has 0 spiro atoms. The molecule has 1 aromatic rings. The number of methoxy groups -OCH3 is 1. The van der Waals surface area contributed by atoms with Gasteiger partial charge in [-0.15, -0.1) is 0 Å². The highest BCUT2D eigenvalue weighted by molar-refractivity contribution is 5.97. The monoisotopic (exact) mass is 164 g/mol. The van der Waals surface area contributed by atoms with E-state index in [1.165, 1.54) is 0 Å². The first kappa shape index (κ1) is 8.59. The molecule has 3 nitrogen and oxygen atoms in total. The molecule has 0 fully saturated rings. The van der Waals surface area contributed by atoms with Crippen molar-refractivity contribution in [1.29, 1.82) is 5.41 Å². The number of amidine groups is 1. The van der Waals surface area contributed by atoms with E-state index in [1.807, 2.05) is 25.1 Å². The van der Waals surface area contributed by atoms with Gasteiger partial charge in [-0.1, -0.05) is 11.6 Å².